The highest BCUT2D eigenvalue weighted by Gasteiger charge is 2.04. The van der Waals surface area contributed by atoms with Gasteiger partial charge in [-0.05, 0) is 48.9 Å². The molecular weight excluding hydrogens is 312 g/mol. The van der Waals surface area contributed by atoms with Gasteiger partial charge < -0.3 is 15.0 Å². The van der Waals surface area contributed by atoms with Crippen molar-refractivity contribution in [1.82, 2.24) is 14.7 Å². The van der Waals surface area contributed by atoms with Crippen molar-refractivity contribution in [3.63, 3.8) is 0 Å². The Balaban J connectivity index is 1.51. The lowest BCUT2D eigenvalue weighted by molar-refractivity contribution is 0.252. The first-order valence-corrected chi connectivity index (χ1v) is 7.72. The van der Waals surface area contributed by atoms with Crippen LogP contribution in [-0.2, 0) is 6.42 Å². The van der Waals surface area contributed by atoms with Gasteiger partial charge in [-0.15, -0.1) is 0 Å². The van der Waals surface area contributed by atoms with E-state index in [1.165, 1.54) is 5.56 Å². The lowest BCUT2D eigenvalue weighted by atomic mass is 10.3. The normalized spacial score (nSPS) is 10.7. The molecule has 3 aromatic rings. The van der Waals surface area contributed by atoms with E-state index in [4.69, 9.17) is 11.6 Å². The molecule has 2 heterocycles. The number of nitrogens with zero attached hydrogens (tertiary/aromatic N) is 2. The molecule has 23 heavy (non-hydrogen) atoms. The molecule has 0 saturated heterocycles. The van der Waals surface area contributed by atoms with Crippen LogP contribution in [0.2, 0.25) is 5.02 Å². The van der Waals surface area contributed by atoms with Crippen molar-refractivity contribution in [2.75, 3.05) is 11.9 Å². The zero-order valence-electron chi connectivity index (χ0n) is 12.7. The van der Waals surface area contributed by atoms with Gasteiger partial charge in [0.1, 0.15) is 5.65 Å². The zero-order valence-corrected chi connectivity index (χ0v) is 13.5. The maximum Gasteiger partial charge on any atom is 0.319 e. The fourth-order valence-electron chi connectivity index (χ4n) is 2.27. The molecule has 0 aliphatic rings. The van der Waals surface area contributed by atoms with Crippen molar-refractivity contribution in [3.05, 3.63) is 65.1 Å². The second-order valence-electron chi connectivity index (χ2n) is 5.34. The Labute approximate surface area is 139 Å². The van der Waals surface area contributed by atoms with E-state index in [1.54, 1.807) is 24.3 Å². The SMILES string of the molecule is Cc1ccn2cc(CCNC(=O)Nc3ccc(Cl)cc3)nc2c1. The Kier molecular flexibility index (Phi) is 4.48. The minimum absolute atomic E-state index is 0.244. The van der Waals surface area contributed by atoms with Crippen LogP contribution in [0.3, 0.4) is 0 Å². The molecule has 0 atom stereocenters. The Hall–Kier alpha value is -2.53. The van der Waals surface area contributed by atoms with E-state index in [9.17, 15) is 4.79 Å². The summed E-state index contributed by atoms with van der Waals surface area (Å²) in [6, 6.07) is 10.8. The lowest BCUT2D eigenvalue weighted by Gasteiger charge is -2.06. The number of carbonyl (C=O) groups is 1. The standard InChI is InChI=1S/C17H17ClN4O/c1-12-7-9-22-11-15(20-16(22)10-12)6-8-19-17(23)21-14-4-2-13(18)3-5-14/h2-5,7,9-11H,6,8H2,1H3,(H2,19,21,23). The molecule has 0 spiro atoms. The summed E-state index contributed by atoms with van der Waals surface area (Å²) in [6.45, 7) is 2.55. The van der Waals surface area contributed by atoms with Crippen LogP contribution in [0.15, 0.2) is 48.8 Å². The predicted molar refractivity (Wildman–Crippen MR) is 92.1 cm³/mol. The number of anilines is 1. The summed E-state index contributed by atoms with van der Waals surface area (Å²) in [7, 11) is 0. The van der Waals surface area contributed by atoms with Crippen LogP contribution in [0.4, 0.5) is 10.5 Å². The van der Waals surface area contributed by atoms with Gasteiger partial charge >= 0.3 is 6.03 Å². The average molecular weight is 329 g/mol. The van der Waals surface area contributed by atoms with Crippen LogP contribution in [-0.4, -0.2) is 22.0 Å². The Morgan fingerprint density at radius 3 is 2.83 bits per heavy atom. The quantitative estimate of drug-likeness (QED) is 0.768. The van der Waals surface area contributed by atoms with Gasteiger partial charge in [-0.2, -0.15) is 0 Å². The molecule has 118 valence electrons. The second-order valence-corrected chi connectivity index (χ2v) is 5.78. The summed E-state index contributed by atoms with van der Waals surface area (Å²) in [5.74, 6) is 0. The average Bonchev–Trinajstić information content (AvgIpc) is 2.91. The van der Waals surface area contributed by atoms with Gasteiger partial charge in [0.2, 0.25) is 0 Å². The van der Waals surface area contributed by atoms with Gasteiger partial charge in [0.25, 0.3) is 0 Å². The number of imidazole rings is 1. The molecule has 0 bridgehead atoms. The molecule has 0 unspecified atom stereocenters. The number of pyridine rings is 1. The molecule has 0 fully saturated rings. The van der Waals surface area contributed by atoms with Crippen LogP contribution >= 0.6 is 11.6 Å². The molecule has 5 nitrogen and oxygen atoms in total. The lowest BCUT2D eigenvalue weighted by Crippen LogP contribution is -2.30. The summed E-state index contributed by atoms with van der Waals surface area (Å²) in [5.41, 5.74) is 3.75. The number of hydrogen-bond acceptors (Lipinski definition) is 2. The number of halogens is 1. The minimum Gasteiger partial charge on any atom is -0.337 e. The number of rotatable bonds is 4. The summed E-state index contributed by atoms with van der Waals surface area (Å²) in [4.78, 5) is 16.4. The maximum absolute atomic E-state index is 11.8. The van der Waals surface area contributed by atoms with Crippen molar-refractivity contribution in [2.24, 2.45) is 0 Å². The van der Waals surface area contributed by atoms with Crippen LogP contribution in [0, 0.1) is 6.92 Å². The van der Waals surface area contributed by atoms with Crippen molar-refractivity contribution in [2.45, 2.75) is 13.3 Å². The monoisotopic (exact) mass is 328 g/mol. The van der Waals surface area contributed by atoms with Crippen molar-refractivity contribution in [1.29, 1.82) is 0 Å². The van der Waals surface area contributed by atoms with E-state index < -0.39 is 0 Å². The molecule has 1 aromatic carbocycles. The van der Waals surface area contributed by atoms with E-state index in [0.717, 1.165) is 11.3 Å². The number of carbonyl (C=O) groups excluding carboxylic acids is 1. The zero-order chi connectivity index (χ0) is 16.2. The minimum atomic E-state index is -0.244. The number of urea groups is 1. The number of benzene rings is 1. The van der Waals surface area contributed by atoms with Crippen LogP contribution in [0.25, 0.3) is 5.65 Å². The molecule has 0 aliphatic heterocycles. The third kappa shape index (κ3) is 4.02. The molecule has 0 aliphatic carbocycles. The van der Waals surface area contributed by atoms with Gasteiger partial charge in [-0.1, -0.05) is 11.6 Å². The first kappa shape index (κ1) is 15.4. The summed E-state index contributed by atoms with van der Waals surface area (Å²) >= 11 is 5.81. The molecule has 0 radical (unpaired) electrons. The number of aromatic nitrogens is 2. The van der Waals surface area contributed by atoms with E-state index in [2.05, 4.69) is 15.6 Å². The van der Waals surface area contributed by atoms with Gasteiger partial charge in [0, 0.05) is 36.1 Å². The van der Waals surface area contributed by atoms with Crippen LogP contribution in [0.5, 0.6) is 0 Å². The predicted octanol–water partition coefficient (Wildman–Crippen LogP) is 3.66. The third-order valence-corrected chi connectivity index (χ3v) is 3.69. The second kappa shape index (κ2) is 6.71. The highest BCUT2D eigenvalue weighted by molar-refractivity contribution is 6.30. The maximum atomic E-state index is 11.8. The molecule has 3 rings (SSSR count). The summed E-state index contributed by atoms with van der Waals surface area (Å²) in [5, 5.41) is 6.21. The Morgan fingerprint density at radius 2 is 2.04 bits per heavy atom. The van der Waals surface area contributed by atoms with Crippen LogP contribution in [0.1, 0.15) is 11.3 Å². The fraction of sp³-hybridized carbons (Fsp3) is 0.176. The smallest absolute Gasteiger partial charge is 0.319 e. The molecule has 2 amide bonds. The summed E-state index contributed by atoms with van der Waals surface area (Å²) in [6.07, 6.45) is 4.64. The highest BCUT2D eigenvalue weighted by atomic mass is 35.5. The van der Waals surface area contributed by atoms with Crippen LogP contribution < -0.4 is 10.6 Å². The largest absolute Gasteiger partial charge is 0.337 e. The number of amides is 2. The van der Waals surface area contributed by atoms with Crippen molar-refractivity contribution >= 4 is 29.0 Å². The number of hydrogen-bond donors (Lipinski definition) is 2. The van der Waals surface area contributed by atoms with Gasteiger partial charge in [0.05, 0.1) is 5.69 Å². The summed E-state index contributed by atoms with van der Waals surface area (Å²) < 4.78 is 1.98. The highest BCUT2D eigenvalue weighted by Crippen LogP contribution is 2.13. The van der Waals surface area contributed by atoms with E-state index >= 15 is 0 Å². The van der Waals surface area contributed by atoms with Gasteiger partial charge in [0.15, 0.2) is 0 Å². The van der Waals surface area contributed by atoms with Gasteiger partial charge in [-0.25, -0.2) is 9.78 Å². The van der Waals surface area contributed by atoms with E-state index in [1.807, 2.05) is 35.9 Å². The first-order valence-electron chi connectivity index (χ1n) is 7.35. The Morgan fingerprint density at radius 1 is 1.26 bits per heavy atom. The van der Waals surface area contributed by atoms with E-state index in [0.29, 0.717) is 23.7 Å². The molecular formula is C17H17ClN4O. The number of nitrogens with one attached hydrogen (secondary N) is 2. The Bertz CT molecular complexity index is 826. The van der Waals surface area contributed by atoms with E-state index in [-0.39, 0.29) is 6.03 Å². The molecule has 6 heteroatoms. The van der Waals surface area contributed by atoms with Crippen molar-refractivity contribution in [3.8, 4) is 0 Å². The number of fused-ring (bicyclic) bond motifs is 1. The first-order chi connectivity index (χ1) is 11.1. The molecule has 2 aromatic heterocycles. The topological polar surface area (TPSA) is 58.4 Å². The third-order valence-electron chi connectivity index (χ3n) is 3.43. The molecule has 0 saturated carbocycles. The van der Waals surface area contributed by atoms with Gasteiger partial charge in [-0.3, -0.25) is 0 Å². The van der Waals surface area contributed by atoms with Crippen molar-refractivity contribution < 1.29 is 4.79 Å². The molecule has 2 N–H and O–H groups in total. The fourth-order valence-corrected chi connectivity index (χ4v) is 2.40. The number of aryl methyl sites for hydroxylation is 1.